The number of alkyl halides is 4. The molecule has 0 spiro atoms. The van der Waals surface area contributed by atoms with Gasteiger partial charge in [0.1, 0.15) is 17.4 Å². The highest BCUT2D eigenvalue weighted by molar-refractivity contribution is 6.33. The smallest absolute Gasteiger partial charge is 0.330 e. The Morgan fingerprint density at radius 2 is 1.88 bits per heavy atom. The van der Waals surface area contributed by atoms with E-state index in [-0.39, 0.29) is 29.6 Å². The van der Waals surface area contributed by atoms with E-state index in [1.807, 2.05) is 0 Å². The van der Waals surface area contributed by atoms with Crippen LogP contribution in [0.3, 0.4) is 0 Å². The molecule has 1 heterocycles. The molecule has 170 valence electrons. The van der Waals surface area contributed by atoms with E-state index in [1.54, 1.807) is 12.1 Å². The fourth-order valence-corrected chi connectivity index (χ4v) is 2.93. The number of carbonyl (C=O) groups is 1. The first-order chi connectivity index (χ1) is 15.1. The van der Waals surface area contributed by atoms with Crippen molar-refractivity contribution in [3.05, 3.63) is 82.3 Å². The molecule has 32 heavy (non-hydrogen) atoms. The SMILES string of the molecule is O=C(Nc1nn(Cc2cccc(F)c2)cc1Cl)c1cccc(COCC(F)(F)C(F)F)c1. The molecule has 2 aromatic carbocycles. The van der Waals surface area contributed by atoms with Gasteiger partial charge < -0.3 is 10.1 Å². The summed E-state index contributed by atoms with van der Waals surface area (Å²) >= 11 is 6.12. The Balaban J connectivity index is 1.62. The number of carbonyl (C=O) groups excluding carboxylic acids is 1. The van der Waals surface area contributed by atoms with Gasteiger partial charge in [0.2, 0.25) is 0 Å². The number of nitrogens with one attached hydrogen (secondary N) is 1. The fourth-order valence-electron chi connectivity index (χ4n) is 2.74. The minimum Gasteiger partial charge on any atom is -0.370 e. The first-order valence-electron chi connectivity index (χ1n) is 9.25. The molecule has 1 N–H and O–H groups in total. The lowest BCUT2D eigenvalue weighted by atomic mass is 10.1. The van der Waals surface area contributed by atoms with E-state index in [2.05, 4.69) is 15.2 Å². The monoisotopic (exact) mass is 473 g/mol. The third-order valence-corrected chi connectivity index (χ3v) is 4.53. The van der Waals surface area contributed by atoms with Gasteiger partial charge >= 0.3 is 12.3 Å². The summed E-state index contributed by atoms with van der Waals surface area (Å²) in [4.78, 5) is 12.5. The van der Waals surface area contributed by atoms with Gasteiger partial charge in [-0.25, -0.2) is 13.2 Å². The number of rotatable bonds is 9. The molecule has 0 saturated carbocycles. The van der Waals surface area contributed by atoms with E-state index in [0.717, 1.165) is 0 Å². The molecule has 0 radical (unpaired) electrons. The van der Waals surface area contributed by atoms with E-state index < -0.39 is 30.7 Å². The van der Waals surface area contributed by atoms with Crippen LogP contribution in [0.4, 0.5) is 27.8 Å². The number of ether oxygens (including phenoxy) is 1. The van der Waals surface area contributed by atoms with Gasteiger partial charge in [-0.3, -0.25) is 9.48 Å². The predicted octanol–water partition coefficient (Wildman–Crippen LogP) is 5.39. The predicted molar refractivity (Wildman–Crippen MR) is 108 cm³/mol. The van der Waals surface area contributed by atoms with Crippen LogP contribution in [0.25, 0.3) is 0 Å². The molecule has 5 nitrogen and oxygen atoms in total. The Morgan fingerprint density at radius 3 is 2.59 bits per heavy atom. The van der Waals surface area contributed by atoms with E-state index in [9.17, 15) is 26.7 Å². The standard InChI is InChI=1S/C21H17ClF5N3O2/c22-17-10-30(9-13-3-2-6-16(23)8-13)29-18(17)28-19(31)15-5-1-4-14(7-15)11-32-12-21(26,27)20(24)25/h1-8,10,20H,9,11-12H2,(H,28,29,31). The molecule has 1 amide bonds. The van der Waals surface area contributed by atoms with E-state index >= 15 is 0 Å². The summed E-state index contributed by atoms with van der Waals surface area (Å²) in [6, 6.07) is 11.7. The molecule has 0 aliphatic rings. The summed E-state index contributed by atoms with van der Waals surface area (Å²) in [6.45, 7) is -1.60. The Morgan fingerprint density at radius 1 is 1.16 bits per heavy atom. The molecule has 0 fully saturated rings. The molecular formula is C21H17ClF5N3O2. The van der Waals surface area contributed by atoms with Crippen molar-refractivity contribution in [1.82, 2.24) is 9.78 Å². The molecule has 1 aromatic heterocycles. The number of nitrogens with zero attached hydrogens (tertiary/aromatic N) is 2. The Labute approximate surface area is 184 Å². The minimum absolute atomic E-state index is 0.0753. The second-order valence-corrected chi connectivity index (χ2v) is 7.27. The molecule has 0 saturated heterocycles. The number of hydrogen-bond donors (Lipinski definition) is 1. The molecule has 11 heteroatoms. The second-order valence-electron chi connectivity index (χ2n) is 6.86. The van der Waals surface area contributed by atoms with Crippen LogP contribution in [-0.4, -0.2) is 34.6 Å². The summed E-state index contributed by atoms with van der Waals surface area (Å²) in [5.41, 5.74) is 1.14. The maximum Gasteiger partial charge on any atom is 0.330 e. The Kier molecular flexibility index (Phi) is 7.47. The largest absolute Gasteiger partial charge is 0.370 e. The van der Waals surface area contributed by atoms with Gasteiger partial charge in [-0.15, -0.1) is 0 Å². The van der Waals surface area contributed by atoms with Crippen LogP contribution in [-0.2, 0) is 17.9 Å². The molecule has 3 rings (SSSR count). The van der Waals surface area contributed by atoms with Crippen LogP contribution in [0, 0.1) is 5.82 Å². The first kappa shape index (κ1) is 23.7. The molecular weight excluding hydrogens is 457 g/mol. The van der Waals surface area contributed by atoms with Crippen molar-refractivity contribution in [3.63, 3.8) is 0 Å². The van der Waals surface area contributed by atoms with Crippen molar-refractivity contribution < 1.29 is 31.5 Å². The van der Waals surface area contributed by atoms with Crippen molar-refractivity contribution in [2.45, 2.75) is 25.5 Å². The zero-order valence-electron chi connectivity index (χ0n) is 16.4. The highest BCUT2D eigenvalue weighted by Gasteiger charge is 2.40. The first-order valence-corrected chi connectivity index (χ1v) is 9.63. The third-order valence-electron chi connectivity index (χ3n) is 4.25. The molecule has 0 aliphatic carbocycles. The lowest BCUT2D eigenvalue weighted by Crippen LogP contribution is -2.32. The van der Waals surface area contributed by atoms with Gasteiger partial charge in [0.15, 0.2) is 5.82 Å². The van der Waals surface area contributed by atoms with Crippen molar-refractivity contribution in [2.75, 3.05) is 11.9 Å². The van der Waals surface area contributed by atoms with Gasteiger partial charge in [0, 0.05) is 11.8 Å². The average Bonchev–Trinajstić information content (AvgIpc) is 3.06. The summed E-state index contributed by atoms with van der Waals surface area (Å²) in [6.07, 6.45) is -2.36. The zero-order valence-corrected chi connectivity index (χ0v) is 17.1. The summed E-state index contributed by atoms with van der Waals surface area (Å²) in [5.74, 6) is -5.15. The van der Waals surface area contributed by atoms with Crippen LogP contribution in [0.5, 0.6) is 0 Å². The minimum atomic E-state index is -4.25. The van der Waals surface area contributed by atoms with E-state index in [1.165, 1.54) is 47.3 Å². The van der Waals surface area contributed by atoms with Gasteiger partial charge in [0.05, 0.1) is 13.2 Å². The molecule has 0 aliphatic heterocycles. The van der Waals surface area contributed by atoms with Gasteiger partial charge in [-0.1, -0.05) is 35.9 Å². The zero-order chi connectivity index (χ0) is 23.3. The van der Waals surface area contributed by atoms with Crippen LogP contribution in [0.2, 0.25) is 5.02 Å². The van der Waals surface area contributed by atoms with Crippen molar-refractivity contribution >= 4 is 23.3 Å². The summed E-state index contributed by atoms with van der Waals surface area (Å²) in [5, 5.41) is 6.85. The van der Waals surface area contributed by atoms with Crippen molar-refractivity contribution in [3.8, 4) is 0 Å². The highest BCUT2D eigenvalue weighted by atomic mass is 35.5. The van der Waals surface area contributed by atoms with Gasteiger partial charge in [-0.05, 0) is 35.4 Å². The number of amides is 1. The van der Waals surface area contributed by atoms with E-state index in [4.69, 9.17) is 11.6 Å². The van der Waals surface area contributed by atoms with Crippen LogP contribution >= 0.6 is 11.6 Å². The summed E-state index contributed by atoms with van der Waals surface area (Å²) < 4.78 is 69.6. The number of aromatic nitrogens is 2. The Bertz CT molecular complexity index is 1090. The lowest BCUT2D eigenvalue weighted by Gasteiger charge is -2.15. The van der Waals surface area contributed by atoms with Gasteiger partial charge in [-0.2, -0.15) is 13.9 Å². The molecule has 3 aromatic rings. The van der Waals surface area contributed by atoms with Gasteiger partial charge in [0.25, 0.3) is 5.91 Å². The topological polar surface area (TPSA) is 56.2 Å². The number of halogens is 6. The third kappa shape index (κ3) is 6.27. The van der Waals surface area contributed by atoms with Crippen LogP contribution in [0.15, 0.2) is 54.7 Å². The Hall–Kier alpha value is -2.98. The fraction of sp³-hybridized carbons (Fsp3) is 0.238. The molecule has 0 bridgehead atoms. The normalized spacial score (nSPS) is 11.7. The average molecular weight is 474 g/mol. The maximum absolute atomic E-state index is 13.3. The van der Waals surface area contributed by atoms with Crippen molar-refractivity contribution in [2.24, 2.45) is 0 Å². The summed E-state index contributed by atoms with van der Waals surface area (Å²) in [7, 11) is 0. The van der Waals surface area contributed by atoms with Crippen molar-refractivity contribution in [1.29, 1.82) is 0 Å². The highest BCUT2D eigenvalue weighted by Crippen LogP contribution is 2.24. The number of benzene rings is 2. The van der Waals surface area contributed by atoms with Crippen LogP contribution < -0.4 is 5.32 Å². The maximum atomic E-state index is 13.3. The van der Waals surface area contributed by atoms with E-state index in [0.29, 0.717) is 11.1 Å². The lowest BCUT2D eigenvalue weighted by molar-refractivity contribution is -0.168. The quantitative estimate of drug-likeness (QED) is 0.424. The second kappa shape index (κ2) is 10.1. The van der Waals surface area contributed by atoms with Crippen LogP contribution in [0.1, 0.15) is 21.5 Å². The molecule has 0 unspecified atom stereocenters. The number of hydrogen-bond acceptors (Lipinski definition) is 3. The number of anilines is 1. The molecule has 0 atom stereocenters.